The molecule has 0 aliphatic carbocycles. The Hall–Kier alpha value is -3.62. The van der Waals surface area contributed by atoms with Crippen LogP contribution in [0.2, 0.25) is 0 Å². The quantitative estimate of drug-likeness (QED) is 0.270. The molecule has 5 nitrogen and oxygen atoms in total. The third-order valence-corrected chi connectivity index (χ3v) is 8.43. The molecule has 4 rings (SSSR count). The molecule has 0 saturated carbocycles. The molecule has 9 heteroatoms. The largest absolute Gasteiger partial charge is 0.416 e. The number of piperazine rings is 1. The summed E-state index contributed by atoms with van der Waals surface area (Å²) in [6, 6.07) is 8.01. The zero-order chi connectivity index (χ0) is 29.4. The summed E-state index contributed by atoms with van der Waals surface area (Å²) in [5, 5.41) is 0. The van der Waals surface area contributed by atoms with Gasteiger partial charge in [-0.1, -0.05) is 36.4 Å². The molecule has 0 N–H and O–H groups in total. The van der Waals surface area contributed by atoms with Crippen LogP contribution in [0.3, 0.4) is 0 Å². The van der Waals surface area contributed by atoms with E-state index in [1.807, 2.05) is 36.1 Å². The van der Waals surface area contributed by atoms with Crippen LogP contribution in [0.25, 0.3) is 0 Å². The number of halogens is 4. The number of benzene rings is 2. The second-order valence-electron chi connectivity index (χ2n) is 10.9. The molecule has 0 radical (unpaired) electrons. The number of urea groups is 1. The second-order valence-corrected chi connectivity index (χ2v) is 10.9. The standard InChI is InChI=1S/C31H35F4N3O2/c1-6-12-30(13-7-2)19-26-27(25-11-9-8-10-20(25)3)38(15-14-37(26)28(30)39)29(40)36(5)21(4)22-16-23(31(33,34)35)18-24(32)17-22/h6-11,16-18,21,26-27H,1-2,12-15,19H2,3-5H3/t21-,26-,27-/m0/s1. The molecule has 2 aliphatic rings. The van der Waals surface area contributed by atoms with Gasteiger partial charge in [-0.25, -0.2) is 9.18 Å². The molecular formula is C31H35F4N3O2. The Morgan fingerprint density at radius 1 is 1.15 bits per heavy atom. The number of rotatable bonds is 7. The number of hydrogen-bond acceptors (Lipinski definition) is 2. The first-order valence-electron chi connectivity index (χ1n) is 13.3. The maximum atomic E-state index is 14.2. The lowest BCUT2D eigenvalue weighted by molar-refractivity contribution is -0.139. The summed E-state index contributed by atoms with van der Waals surface area (Å²) >= 11 is 0. The van der Waals surface area contributed by atoms with E-state index in [2.05, 4.69) is 13.2 Å². The first kappa shape index (κ1) is 29.4. The fourth-order valence-electron chi connectivity index (χ4n) is 6.26. The second kappa shape index (κ2) is 11.1. The van der Waals surface area contributed by atoms with Crippen molar-refractivity contribution in [2.75, 3.05) is 20.1 Å². The minimum absolute atomic E-state index is 0.0177. The van der Waals surface area contributed by atoms with Gasteiger partial charge in [-0.3, -0.25) is 4.79 Å². The summed E-state index contributed by atoms with van der Waals surface area (Å²) in [6.45, 7) is 11.8. The van der Waals surface area contributed by atoms with Gasteiger partial charge in [0, 0.05) is 20.1 Å². The number of carbonyl (C=O) groups excluding carboxylic acids is 2. The normalized spacial score (nSPS) is 21.1. The SMILES string of the molecule is C=CCC1(CC=C)C[C@H]2[C@H](c3ccccc3C)N(C(=O)N(C)[C@@H](C)c3cc(F)cc(C(F)(F)F)c3)CCN2C1=O. The third-order valence-electron chi connectivity index (χ3n) is 8.43. The summed E-state index contributed by atoms with van der Waals surface area (Å²) < 4.78 is 54.3. The van der Waals surface area contributed by atoms with Crippen LogP contribution < -0.4 is 0 Å². The van der Waals surface area contributed by atoms with Crippen LogP contribution in [-0.4, -0.2) is 52.8 Å². The molecule has 2 fully saturated rings. The van der Waals surface area contributed by atoms with Crippen LogP contribution in [0.15, 0.2) is 67.8 Å². The molecule has 40 heavy (non-hydrogen) atoms. The van der Waals surface area contributed by atoms with Crippen molar-refractivity contribution < 1.29 is 27.2 Å². The van der Waals surface area contributed by atoms with Gasteiger partial charge in [0.05, 0.1) is 29.1 Å². The molecule has 0 spiro atoms. The van der Waals surface area contributed by atoms with Crippen LogP contribution in [0.5, 0.6) is 0 Å². The first-order chi connectivity index (χ1) is 18.8. The number of carbonyl (C=O) groups is 2. The van der Waals surface area contributed by atoms with E-state index in [4.69, 9.17) is 0 Å². The molecule has 0 aromatic heterocycles. The van der Waals surface area contributed by atoms with Crippen molar-refractivity contribution in [3.63, 3.8) is 0 Å². The van der Waals surface area contributed by atoms with Crippen molar-refractivity contribution in [2.24, 2.45) is 5.41 Å². The predicted octanol–water partition coefficient (Wildman–Crippen LogP) is 7.06. The fourth-order valence-corrected chi connectivity index (χ4v) is 6.26. The van der Waals surface area contributed by atoms with Gasteiger partial charge in [-0.15, -0.1) is 13.2 Å². The Morgan fingerprint density at radius 3 is 2.40 bits per heavy atom. The number of hydrogen-bond donors (Lipinski definition) is 0. The summed E-state index contributed by atoms with van der Waals surface area (Å²) in [4.78, 5) is 32.7. The first-order valence-corrected chi connectivity index (χ1v) is 13.3. The molecule has 2 aromatic carbocycles. The lowest BCUT2D eigenvalue weighted by Crippen LogP contribution is -2.57. The van der Waals surface area contributed by atoms with E-state index >= 15 is 0 Å². The Balaban J connectivity index is 1.72. The Kier molecular flexibility index (Phi) is 8.15. The van der Waals surface area contributed by atoms with Crippen molar-refractivity contribution in [2.45, 2.75) is 57.4 Å². The number of amides is 3. The molecule has 3 atom stereocenters. The zero-order valence-electron chi connectivity index (χ0n) is 23.0. The van der Waals surface area contributed by atoms with Gasteiger partial charge in [0.1, 0.15) is 5.82 Å². The van der Waals surface area contributed by atoms with E-state index in [0.717, 1.165) is 23.3 Å². The van der Waals surface area contributed by atoms with Crippen LogP contribution in [-0.2, 0) is 11.0 Å². The Labute approximate surface area is 232 Å². The summed E-state index contributed by atoms with van der Waals surface area (Å²) in [5.41, 5.74) is 0.106. The molecule has 2 heterocycles. The van der Waals surface area contributed by atoms with Crippen LogP contribution in [0, 0.1) is 18.2 Å². The van der Waals surface area contributed by atoms with Crippen LogP contribution >= 0.6 is 0 Å². The van der Waals surface area contributed by atoms with E-state index in [-0.39, 0.29) is 24.1 Å². The van der Waals surface area contributed by atoms with Crippen molar-refractivity contribution >= 4 is 11.9 Å². The van der Waals surface area contributed by atoms with Crippen molar-refractivity contribution in [1.82, 2.24) is 14.7 Å². The van der Waals surface area contributed by atoms with Gasteiger partial charge in [-0.05, 0) is 68.0 Å². The van der Waals surface area contributed by atoms with Crippen molar-refractivity contribution in [3.8, 4) is 0 Å². The Bertz CT molecular complexity index is 1300. The molecule has 2 aliphatic heterocycles. The number of nitrogens with zero attached hydrogens (tertiary/aromatic N) is 3. The highest BCUT2D eigenvalue weighted by Gasteiger charge is 2.56. The van der Waals surface area contributed by atoms with Gasteiger partial charge >= 0.3 is 12.2 Å². The van der Waals surface area contributed by atoms with E-state index in [1.165, 1.54) is 11.9 Å². The van der Waals surface area contributed by atoms with Gasteiger partial charge in [-0.2, -0.15) is 13.2 Å². The fraction of sp³-hybridized carbons (Fsp3) is 0.419. The summed E-state index contributed by atoms with van der Waals surface area (Å²) in [5.74, 6) is -1.00. The van der Waals surface area contributed by atoms with E-state index in [1.54, 1.807) is 24.0 Å². The topological polar surface area (TPSA) is 43.9 Å². The molecule has 2 saturated heterocycles. The number of alkyl halides is 3. The van der Waals surface area contributed by atoms with Crippen molar-refractivity contribution in [3.05, 3.63) is 95.8 Å². The third kappa shape index (κ3) is 5.25. The highest BCUT2D eigenvalue weighted by molar-refractivity contribution is 5.87. The average Bonchev–Trinajstić information content (AvgIpc) is 3.18. The molecule has 2 aromatic rings. The van der Waals surface area contributed by atoms with Gasteiger partial charge in [0.15, 0.2) is 0 Å². The molecule has 3 amide bonds. The van der Waals surface area contributed by atoms with E-state index < -0.39 is 41.1 Å². The number of allylic oxidation sites excluding steroid dienone is 2. The summed E-state index contributed by atoms with van der Waals surface area (Å²) in [7, 11) is 1.51. The van der Waals surface area contributed by atoms with Crippen LogP contribution in [0.1, 0.15) is 60.5 Å². The molecular weight excluding hydrogens is 522 g/mol. The lowest BCUT2D eigenvalue weighted by Gasteiger charge is -2.47. The molecule has 0 unspecified atom stereocenters. The van der Waals surface area contributed by atoms with Gasteiger partial charge in [0.25, 0.3) is 0 Å². The van der Waals surface area contributed by atoms with Gasteiger partial charge < -0.3 is 14.7 Å². The average molecular weight is 558 g/mol. The number of fused-ring (bicyclic) bond motifs is 1. The minimum atomic E-state index is -4.72. The number of aryl methyl sites for hydroxylation is 1. The lowest BCUT2D eigenvalue weighted by atomic mass is 9.76. The smallest absolute Gasteiger partial charge is 0.335 e. The Morgan fingerprint density at radius 2 is 1.80 bits per heavy atom. The van der Waals surface area contributed by atoms with E-state index in [0.29, 0.717) is 31.9 Å². The molecule has 214 valence electrons. The molecule has 0 bridgehead atoms. The highest BCUT2D eigenvalue weighted by Crippen LogP contribution is 2.49. The minimum Gasteiger partial charge on any atom is -0.335 e. The van der Waals surface area contributed by atoms with Crippen LogP contribution in [0.4, 0.5) is 22.4 Å². The monoisotopic (exact) mass is 557 g/mol. The maximum Gasteiger partial charge on any atom is 0.416 e. The zero-order valence-corrected chi connectivity index (χ0v) is 23.0. The van der Waals surface area contributed by atoms with Gasteiger partial charge in [0.2, 0.25) is 5.91 Å². The van der Waals surface area contributed by atoms with Crippen molar-refractivity contribution in [1.29, 1.82) is 0 Å². The summed E-state index contributed by atoms with van der Waals surface area (Å²) in [6.07, 6.45) is 0.244. The predicted molar refractivity (Wildman–Crippen MR) is 146 cm³/mol. The van der Waals surface area contributed by atoms with E-state index in [9.17, 15) is 27.2 Å². The maximum absolute atomic E-state index is 14.2. The highest BCUT2D eigenvalue weighted by atomic mass is 19.4.